The molecule has 6 heteroatoms. The number of hydrogen-bond donors (Lipinski definition) is 1. The molecule has 19 heavy (non-hydrogen) atoms. The van der Waals surface area contributed by atoms with Crippen LogP contribution < -0.4 is 10.5 Å². The lowest BCUT2D eigenvalue weighted by Gasteiger charge is -2.09. The van der Waals surface area contributed by atoms with Gasteiger partial charge in [0.15, 0.2) is 11.6 Å². The highest BCUT2D eigenvalue weighted by atomic mass is 19.1. The largest absolute Gasteiger partial charge is 0.483 e. The van der Waals surface area contributed by atoms with Gasteiger partial charge in [0.2, 0.25) is 0 Å². The molecule has 1 heterocycles. The van der Waals surface area contributed by atoms with E-state index < -0.39 is 11.8 Å². The first-order valence-electron chi connectivity index (χ1n) is 5.44. The van der Waals surface area contributed by atoms with E-state index in [-0.39, 0.29) is 23.6 Å². The Hall–Kier alpha value is -2.50. The van der Waals surface area contributed by atoms with Crippen molar-refractivity contribution in [3.63, 3.8) is 0 Å². The molecular weight excluding hydrogens is 253 g/mol. The Bertz CT molecular complexity index is 581. The van der Waals surface area contributed by atoms with E-state index in [2.05, 4.69) is 4.74 Å². The summed E-state index contributed by atoms with van der Waals surface area (Å²) in [4.78, 5) is 11.4. The van der Waals surface area contributed by atoms with E-state index in [1.807, 2.05) is 0 Å². The second kappa shape index (κ2) is 5.43. The fourth-order valence-corrected chi connectivity index (χ4v) is 1.51. The standard InChI is InChI=1S/C13H12FNO4/c1-17-13(16)9-5-12(10(14)6-11(9)15)19-7-8-3-2-4-18-8/h2-6H,7,15H2,1H3. The minimum absolute atomic E-state index is 0.00491. The third-order valence-electron chi connectivity index (χ3n) is 2.46. The summed E-state index contributed by atoms with van der Waals surface area (Å²) in [5.41, 5.74) is 5.59. The van der Waals surface area contributed by atoms with E-state index in [0.717, 1.165) is 6.07 Å². The van der Waals surface area contributed by atoms with Crippen molar-refractivity contribution < 1.29 is 23.1 Å². The molecule has 0 saturated heterocycles. The second-order valence-electron chi connectivity index (χ2n) is 3.73. The van der Waals surface area contributed by atoms with Crippen molar-refractivity contribution in [1.29, 1.82) is 0 Å². The predicted molar refractivity (Wildman–Crippen MR) is 65.2 cm³/mol. The lowest BCUT2D eigenvalue weighted by atomic mass is 10.1. The van der Waals surface area contributed by atoms with Crippen LogP contribution in [0.4, 0.5) is 10.1 Å². The molecule has 0 fully saturated rings. The van der Waals surface area contributed by atoms with Gasteiger partial charge in [-0.3, -0.25) is 0 Å². The quantitative estimate of drug-likeness (QED) is 0.678. The molecule has 0 spiro atoms. The molecular formula is C13H12FNO4. The van der Waals surface area contributed by atoms with Crippen LogP contribution >= 0.6 is 0 Å². The van der Waals surface area contributed by atoms with E-state index in [1.165, 1.54) is 19.4 Å². The van der Waals surface area contributed by atoms with Gasteiger partial charge in [-0.1, -0.05) is 0 Å². The summed E-state index contributed by atoms with van der Waals surface area (Å²) in [6.45, 7) is 0.0501. The van der Waals surface area contributed by atoms with E-state index in [1.54, 1.807) is 12.1 Å². The van der Waals surface area contributed by atoms with Gasteiger partial charge in [-0.2, -0.15) is 0 Å². The van der Waals surface area contributed by atoms with Gasteiger partial charge < -0.3 is 19.6 Å². The summed E-state index contributed by atoms with van der Waals surface area (Å²) in [5.74, 6) is -0.862. The molecule has 0 aliphatic heterocycles. The number of rotatable bonds is 4. The number of carbonyl (C=O) groups is 1. The van der Waals surface area contributed by atoms with Gasteiger partial charge in [0.05, 0.1) is 18.9 Å². The fraction of sp³-hybridized carbons (Fsp3) is 0.154. The summed E-state index contributed by atoms with van der Waals surface area (Å²) in [7, 11) is 1.22. The van der Waals surface area contributed by atoms with Crippen LogP contribution in [-0.4, -0.2) is 13.1 Å². The average Bonchev–Trinajstić information content (AvgIpc) is 2.90. The Morgan fingerprint density at radius 3 is 2.89 bits per heavy atom. The van der Waals surface area contributed by atoms with E-state index >= 15 is 0 Å². The zero-order valence-electron chi connectivity index (χ0n) is 10.2. The molecule has 0 aliphatic carbocycles. The Morgan fingerprint density at radius 2 is 2.26 bits per heavy atom. The van der Waals surface area contributed by atoms with Gasteiger partial charge in [-0.15, -0.1) is 0 Å². The smallest absolute Gasteiger partial charge is 0.340 e. The SMILES string of the molecule is COC(=O)c1cc(OCc2ccco2)c(F)cc1N. The highest BCUT2D eigenvalue weighted by molar-refractivity contribution is 5.95. The fourth-order valence-electron chi connectivity index (χ4n) is 1.51. The Kier molecular flexibility index (Phi) is 3.70. The summed E-state index contributed by atoms with van der Waals surface area (Å²) in [6, 6.07) is 5.61. The highest BCUT2D eigenvalue weighted by Gasteiger charge is 2.15. The first-order valence-corrected chi connectivity index (χ1v) is 5.44. The zero-order chi connectivity index (χ0) is 13.8. The molecule has 2 rings (SSSR count). The maximum absolute atomic E-state index is 13.6. The lowest BCUT2D eigenvalue weighted by Crippen LogP contribution is -2.07. The maximum Gasteiger partial charge on any atom is 0.340 e. The number of anilines is 1. The third-order valence-corrected chi connectivity index (χ3v) is 2.46. The first kappa shape index (κ1) is 12.9. The van der Waals surface area contributed by atoms with Crippen LogP contribution in [0.15, 0.2) is 34.9 Å². The molecule has 1 aromatic heterocycles. The Balaban J connectivity index is 2.22. The lowest BCUT2D eigenvalue weighted by molar-refractivity contribution is 0.0601. The summed E-state index contributed by atoms with van der Waals surface area (Å²) < 4.78 is 28.5. The number of methoxy groups -OCH3 is 1. The molecule has 0 saturated carbocycles. The predicted octanol–water partition coefficient (Wildman–Crippen LogP) is 2.37. The van der Waals surface area contributed by atoms with Crippen LogP contribution in [0.25, 0.3) is 0 Å². The number of esters is 1. The summed E-state index contributed by atoms with van der Waals surface area (Å²) >= 11 is 0. The van der Waals surface area contributed by atoms with Gasteiger partial charge in [0, 0.05) is 11.8 Å². The number of nitrogen functional groups attached to an aromatic ring is 1. The minimum atomic E-state index is -0.656. The average molecular weight is 265 g/mol. The molecule has 0 amide bonds. The van der Waals surface area contributed by atoms with E-state index in [4.69, 9.17) is 14.9 Å². The van der Waals surface area contributed by atoms with Crippen molar-refractivity contribution >= 4 is 11.7 Å². The van der Waals surface area contributed by atoms with Crippen LogP contribution in [-0.2, 0) is 11.3 Å². The number of hydrogen-bond acceptors (Lipinski definition) is 5. The number of carbonyl (C=O) groups excluding carboxylic acids is 1. The number of ether oxygens (including phenoxy) is 2. The monoisotopic (exact) mass is 265 g/mol. The topological polar surface area (TPSA) is 74.7 Å². The van der Waals surface area contributed by atoms with E-state index in [9.17, 15) is 9.18 Å². The van der Waals surface area contributed by atoms with Crippen LogP contribution in [0.5, 0.6) is 5.75 Å². The van der Waals surface area contributed by atoms with Gasteiger partial charge in [0.25, 0.3) is 0 Å². The zero-order valence-corrected chi connectivity index (χ0v) is 10.2. The van der Waals surface area contributed by atoms with Gasteiger partial charge >= 0.3 is 5.97 Å². The Morgan fingerprint density at radius 1 is 1.47 bits per heavy atom. The molecule has 5 nitrogen and oxygen atoms in total. The van der Waals surface area contributed by atoms with Gasteiger partial charge in [0.1, 0.15) is 12.4 Å². The number of halogens is 1. The van der Waals surface area contributed by atoms with Crippen LogP contribution in [0.1, 0.15) is 16.1 Å². The van der Waals surface area contributed by atoms with Crippen molar-refractivity contribution in [2.45, 2.75) is 6.61 Å². The van der Waals surface area contributed by atoms with Gasteiger partial charge in [-0.05, 0) is 18.2 Å². The van der Waals surface area contributed by atoms with Gasteiger partial charge in [-0.25, -0.2) is 9.18 Å². The molecule has 0 unspecified atom stereocenters. The maximum atomic E-state index is 13.6. The van der Waals surface area contributed by atoms with Crippen LogP contribution in [0, 0.1) is 5.82 Å². The van der Waals surface area contributed by atoms with Crippen LogP contribution in [0.2, 0.25) is 0 Å². The third kappa shape index (κ3) is 2.85. The first-order chi connectivity index (χ1) is 9.11. The molecule has 2 aromatic rings. The van der Waals surface area contributed by atoms with Crippen molar-refractivity contribution in [3.05, 3.63) is 47.7 Å². The minimum Gasteiger partial charge on any atom is -0.483 e. The molecule has 100 valence electrons. The second-order valence-corrected chi connectivity index (χ2v) is 3.73. The molecule has 0 radical (unpaired) electrons. The molecule has 1 aromatic carbocycles. The molecule has 0 atom stereocenters. The van der Waals surface area contributed by atoms with Crippen LogP contribution in [0.3, 0.4) is 0 Å². The Labute approximate surface area is 108 Å². The number of benzene rings is 1. The summed E-state index contributed by atoms with van der Waals surface area (Å²) in [6.07, 6.45) is 1.48. The van der Waals surface area contributed by atoms with Crippen molar-refractivity contribution in [1.82, 2.24) is 0 Å². The molecule has 0 bridgehead atoms. The normalized spacial score (nSPS) is 10.2. The number of nitrogens with two attached hydrogens (primary N) is 1. The van der Waals surface area contributed by atoms with Crippen molar-refractivity contribution in [2.24, 2.45) is 0 Å². The summed E-state index contributed by atoms with van der Waals surface area (Å²) in [5, 5.41) is 0. The molecule has 0 aliphatic rings. The highest BCUT2D eigenvalue weighted by Crippen LogP contribution is 2.25. The molecule has 2 N–H and O–H groups in total. The van der Waals surface area contributed by atoms with Crippen molar-refractivity contribution in [3.8, 4) is 5.75 Å². The van der Waals surface area contributed by atoms with Crippen molar-refractivity contribution in [2.75, 3.05) is 12.8 Å². The van der Waals surface area contributed by atoms with E-state index in [0.29, 0.717) is 5.76 Å². The number of furan rings is 1.